The van der Waals surface area contributed by atoms with Crippen LogP contribution in [0.25, 0.3) is 0 Å². The van der Waals surface area contributed by atoms with Gasteiger partial charge in [0.25, 0.3) is 0 Å². The number of halogens is 2. The molecule has 21 heavy (non-hydrogen) atoms. The van der Waals surface area contributed by atoms with Crippen molar-refractivity contribution in [1.82, 2.24) is 5.32 Å². The second kappa shape index (κ2) is 7.50. The summed E-state index contributed by atoms with van der Waals surface area (Å²) in [6.45, 7) is 4.27. The number of hydrogen-bond donors (Lipinski definition) is 1. The van der Waals surface area contributed by atoms with E-state index < -0.39 is 0 Å². The van der Waals surface area contributed by atoms with E-state index in [2.05, 4.69) is 31.3 Å². The zero-order valence-electron chi connectivity index (χ0n) is 12.3. The highest BCUT2D eigenvalue weighted by Crippen LogP contribution is 2.36. The molecule has 0 aliphatic carbocycles. The molecule has 0 saturated carbocycles. The molecule has 114 valence electrons. The normalized spacial score (nSPS) is 14.0. The Bertz CT molecular complexity index is 582. The highest BCUT2D eigenvalue weighted by molar-refractivity contribution is 7.20. The van der Waals surface area contributed by atoms with E-state index in [1.54, 1.807) is 7.11 Å². The average Bonchev–Trinajstić information content (AvgIpc) is 2.83. The first-order chi connectivity index (χ1) is 10.0. The molecule has 0 radical (unpaired) electrons. The third kappa shape index (κ3) is 4.13. The summed E-state index contributed by atoms with van der Waals surface area (Å²) in [5, 5.41) is 3.61. The molecule has 1 heterocycles. The van der Waals surface area contributed by atoms with E-state index in [1.165, 1.54) is 16.9 Å². The van der Waals surface area contributed by atoms with Crippen molar-refractivity contribution in [2.45, 2.75) is 32.4 Å². The zero-order chi connectivity index (χ0) is 15.4. The van der Waals surface area contributed by atoms with Gasteiger partial charge in [-0.2, -0.15) is 0 Å². The van der Waals surface area contributed by atoms with Crippen molar-refractivity contribution in [2.24, 2.45) is 0 Å². The van der Waals surface area contributed by atoms with Gasteiger partial charge in [-0.15, -0.1) is 11.3 Å². The lowest BCUT2D eigenvalue weighted by Crippen LogP contribution is -2.24. The molecule has 5 heteroatoms. The molecule has 1 N–H and O–H groups in total. The van der Waals surface area contributed by atoms with Gasteiger partial charge in [0.2, 0.25) is 0 Å². The third-order valence-corrected chi connectivity index (χ3v) is 5.05. The fourth-order valence-corrected chi connectivity index (χ4v) is 3.97. The molecule has 0 aliphatic rings. The minimum Gasteiger partial charge on any atom is -0.497 e. The van der Waals surface area contributed by atoms with E-state index >= 15 is 0 Å². The fraction of sp³-hybridized carbons (Fsp3) is 0.375. The summed E-state index contributed by atoms with van der Waals surface area (Å²) in [6, 6.07) is 10.5. The molecule has 1 aromatic carbocycles. The monoisotopic (exact) mass is 343 g/mol. The largest absolute Gasteiger partial charge is 0.497 e. The molecule has 2 nitrogen and oxygen atoms in total. The predicted octanol–water partition coefficient (Wildman–Crippen LogP) is 5.87. The van der Waals surface area contributed by atoms with Gasteiger partial charge in [-0.05, 0) is 42.7 Å². The highest BCUT2D eigenvalue weighted by atomic mass is 35.5. The zero-order valence-corrected chi connectivity index (χ0v) is 14.6. The predicted molar refractivity (Wildman–Crippen MR) is 91.9 cm³/mol. The summed E-state index contributed by atoms with van der Waals surface area (Å²) in [7, 11) is 1.68. The van der Waals surface area contributed by atoms with Crippen LogP contribution in [0.3, 0.4) is 0 Å². The number of rotatable bonds is 6. The quantitative estimate of drug-likeness (QED) is 0.708. The van der Waals surface area contributed by atoms with Crippen LogP contribution in [0.15, 0.2) is 30.3 Å². The Labute approximate surface area is 140 Å². The Morgan fingerprint density at radius 2 is 1.90 bits per heavy atom. The first-order valence-electron chi connectivity index (χ1n) is 6.89. The second-order valence-corrected chi connectivity index (χ2v) is 7.19. The van der Waals surface area contributed by atoms with Crippen molar-refractivity contribution in [3.8, 4) is 5.75 Å². The van der Waals surface area contributed by atoms with Gasteiger partial charge in [0.15, 0.2) is 0 Å². The van der Waals surface area contributed by atoms with Crippen LogP contribution in [-0.2, 0) is 0 Å². The van der Waals surface area contributed by atoms with Crippen LogP contribution in [0, 0.1) is 0 Å². The molecule has 0 fully saturated rings. The molecule has 0 amide bonds. The molecule has 2 rings (SSSR count). The van der Waals surface area contributed by atoms with Crippen LogP contribution < -0.4 is 10.1 Å². The summed E-state index contributed by atoms with van der Waals surface area (Å²) < 4.78 is 6.68. The Morgan fingerprint density at radius 1 is 1.24 bits per heavy atom. The lowest BCUT2D eigenvalue weighted by atomic mass is 10.0. The number of nitrogens with one attached hydrogen (secondary N) is 1. The molecular formula is C16H19Cl2NOS. The lowest BCUT2D eigenvalue weighted by molar-refractivity contribution is 0.413. The Kier molecular flexibility index (Phi) is 5.94. The average molecular weight is 344 g/mol. The van der Waals surface area contributed by atoms with Crippen LogP contribution in [-0.4, -0.2) is 7.11 Å². The van der Waals surface area contributed by atoms with Crippen molar-refractivity contribution in [1.29, 1.82) is 0 Å². The van der Waals surface area contributed by atoms with Crippen LogP contribution in [0.4, 0.5) is 0 Å². The molecule has 0 saturated heterocycles. The Morgan fingerprint density at radius 3 is 2.38 bits per heavy atom. The summed E-state index contributed by atoms with van der Waals surface area (Å²) in [5.41, 5.74) is 2.29. The number of benzene rings is 1. The van der Waals surface area contributed by atoms with Gasteiger partial charge in [-0.3, -0.25) is 0 Å². The van der Waals surface area contributed by atoms with Gasteiger partial charge < -0.3 is 10.1 Å². The smallest absolute Gasteiger partial charge is 0.118 e. The van der Waals surface area contributed by atoms with Crippen molar-refractivity contribution in [3.05, 3.63) is 50.1 Å². The van der Waals surface area contributed by atoms with Crippen molar-refractivity contribution in [2.75, 3.05) is 7.11 Å². The Balaban J connectivity index is 2.12. The van der Waals surface area contributed by atoms with Gasteiger partial charge >= 0.3 is 0 Å². The molecular weight excluding hydrogens is 325 g/mol. The van der Waals surface area contributed by atoms with E-state index in [-0.39, 0.29) is 12.1 Å². The molecule has 2 aromatic rings. The van der Waals surface area contributed by atoms with Gasteiger partial charge in [0.1, 0.15) is 5.75 Å². The molecule has 2 atom stereocenters. The summed E-state index contributed by atoms with van der Waals surface area (Å²) >= 11 is 13.7. The van der Waals surface area contributed by atoms with Crippen LogP contribution in [0.1, 0.15) is 43.5 Å². The van der Waals surface area contributed by atoms with E-state index in [9.17, 15) is 0 Å². The van der Waals surface area contributed by atoms with Crippen LogP contribution >= 0.6 is 34.5 Å². The minimum atomic E-state index is 0.147. The first-order valence-corrected chi connectivity index (χ1v) is 8.47. The first kappa shape index (κ1) is 16.6. The van der Waals surface area contributed by atoms with Gasteiger partial charge in [0.05, 0.1) is 15.8 Å². The minimum absolute atomic E-state index is 0.147. The molecule has 0 spiro atoms. The maximum Gasteiger partial charge on any atom is 0.118 e. The Hall–Kier alpha value is -0.740. The van der Waals surface area contributed by atoms with E-state index in [0.29, 0.717) is 0 Å². The molecule has 2 unspecified atom stereocenters. The van der Waals surface area contributed by atoms with Crippen molar-refractivity contribution < 1.29 is 4.74 Å². The molecule has 0 bridgehead atoms. The van der Waals surface area contributed by atoms with Gasteiger partial charge in [-0.1, -0.05) is 42.3 Å². The maximum absolute atomic E-state index is 6.23. The lowest BCUT2D eigenvalue weighted by Gasteiger charge is -2.23. The van der Waals surface area contributed by atoms with Gasteiger partial charge in [-0.25, -0.2) is 0 Å². The number of ether oxygens (including phenoxy) is 1. The van der Waals surface area contributed by atoms with E-state index in [0.717, 1.165) is 26.4 Å². The van der Waals surface area contributed by atoms with Crippen molar-refractivity contribution >= 4 is 34.5 Å². The van der Waals surface area contributed by atoms with Crippen molar-refractivity contribution in [3.63, 3.8) is 0 Å². The van der Waals surface area contributed by atoms with Crippen LogP contribution in [0.5, 0.6) is 5.75 Å². The third-order valence-electron chi connectivity index (χ3n) is 3.53. The van der Waals surface area contributed by atoms with Crippen LogP contribution in [0.2, 0.25) is 8.67 Å². The van der Waals surface area contributed by atoms with E-state index in [4.69, 9.17) is 27.9 Å². The number of methoxy groups -OCH3 is 1. The number of hydrogen-bond acceptors (Lipinski definition) is 3. The standard InChI is InChI=1S/C16H19Cl2NOS/c1-4-14(11-5-7-12(20-3)8-6-11)19-10(2)13-9-15(17)21-16(13)18/h5-10,14,19H,4H2,1-3H3. The second-order valence-electron chi connectivity index (χ2n) is 4.90. The SMILES string of the molecule is CCC(NC(C)c1cc(Cl)sc1Cl)c1ccc(OC)cc1. The van der Waals surface area contributed by atoms with E-state index in [1.807, 2.05) is 18.2 Å². The highest BCUT2D eigenvalue weighted by Gasteiger charge is 2.17. The summed E-state index contributed by atoms with van der Waals surface area (Å²) in [4.78, 5) is 0. The summed E-state index contributed by atoms with van der Waals surface area (Å²) in [6.07, 6.45) is 0.992. The molecule has 1 aromatic heterocycles. The fourth-order valence-electron chi connectivity index (χ4n) is 2.33. The maximum atomic E-state index is 6.23. The topological polar surface area (TPSA) is 21.3 Å². The summed E-state index contributed by atoms with van der Waals surface area (Å²) in [5.74, 6) is 0.870. The number of thiophene rings is 1. The van der Waals surface area contributed by atoms with Gasteiger partial charge in [0, 0.05) is 12.1 Å². The molecule has 0 aliphatic heterocycles.